The number of hydrogen-bond acceptors (Lipinski definition) is 4. The van der Waals surface area contributed by atoms with Crippen LogP contribution in [0.25, 0.3) is 0 Å². The van der Waals surface area contributed by atoms with Crippen molar-refractivity contribution in [2.24, 2.45) is 5.73 Å². The van der Waals surface area contributed by atoms with Gasteiger partial charge in [0, 0.05) is 13.6 Å². The Labute approximate surface area is 135 Å². The molecule has 0 aliphatic heterocycles. The molecule has 1 aromatic carbocycles. The molecule has 0 aromatic heterocycles. The Kier molecular flexibility index (Phi) is 9.89. The van der Waals surface area contributed by atoms with Crippen LogP contribution in [0.5, 0.6) is 5.75 Å². The van der Waals surface area contributed by atoms with E-state index in [1.807, 2.05) is 0 Å². The fraction of sp³-hybridized carbons (Fsp3) is 0.429. The van der Waals surface area contributed by atoms with Crippen LogP contribution in [0.4, 0.5) is 4.39 Å². The summed E-state index contributed by atoms with van der Waals surface area (Å²) >= 11 is 0. The van der Waals surface area contributed by atoms with Gasteiger partial charge in [0.25, 0.3) is 0 Å². The molecule has 0 fully saturated rings. The number of halogens is 2. The Morgan fingerprint density at radius 2 is 1.95 bits per heavy atom. The summed E-state index contributed by atoms with van der Waals surface area (Å²) in [6.07, 6.45) is 0.629. The van der Waals surface area contributed by atoms with E-state index in [9.17, 15) is 14.0 Å². The van der Waals surface area contributed by atoms with Crippen LogP contribution in [0.15, 0.2) is 24.3 Å². The molecule has 0 saturated carbocycles. The van der Waals surface area contributed by atoms with E-state index in [1.54, 1.807) is 19.2 Å². The van der Waals surface area contributed by atoms with E-state index >= 15 is 0 Å². The molecule has 0 bridgehead atoms. The molecule has 22 heavy (non-hydrogen) atoms. The van der Waals surface area contributed by atoms with Crippen molar-refractivity contribution in [3.8, 4) is 5.75 Å². The van der Waals surface area contributed by atoms with Crippen molar-refractivity contribution in [1.29, 1.82) is 0 Å². The second-order valence-electron chi connectivity index (χ2n) is 4.45. The second-order valence-corrected chi connectivity index (χ2v) is 4.45. The van der Waals surface area contributed by atoms with Crippen LogP contribution < -0.4 is 15.8 Å². The van der Waals surface area contributed by atoms with Crippen molar-refractivity contribution in [2.45, 2.75) is 6.42 Å². The molecule has 0 saturated heterocycles. The van der Waals surface area contributed by atoms with E-state index in [4.69, 9.17) is 10.5 Å². The number of benzene rings is 1. The van der Waals surface area contributed by atoms with Gasteiger partial charge in [-0.3, -0.25) is 9.59 Å². The average molecular weight is 334 g/mol. The lowest BCUT2D eigenvalue weighted by atomic mass is 10.3. The van der Waals surface area contributed by atoms with Gasteiger partial charge in [0.15, 0.2) is 0 Å². The lowest BCUT2D eigenvalue weighted by Crippen LogP contribution is -2.40. The molecule has 2 amide bonds. The minimum absolute atomic E-state index is 0. The van der Waals surface area contributed by atoms with Gasteiger partial charge in [-0.15, -0.1) is 12.4 Å². The van der Waals surface area contributed by atoms with E-state index in [2.05, 4.69) is 5.32 Å². The standard InChI is InChI=1S/C14H20FN3O3.ClH/c1-18(14(20)10-17-13(19)9-16)7-2-8-21-12-5-3-11(15)4-6-12;/h3-6H,2,7-10,16H2,1H3,(H,17,19);1H. The maximum Gasteiger partial charge on any atom is 0.241 e. The van der Waals surface area contributed by atoms with Gasteiger partial charge in [-0.2, -0.15) is 0 Å². The Morgan fingerprint density at radius 3 is 2.55 bits per heavy atom. The molecule has 0 aliphatic carbocycles. The summed E-state index contributed by atoms with van der Waals surface area (Å²) in [5, 5.41) is 2.41. The zero-order valence-electron chi connectivity index (χ0n) is 12.4. The van der Waals surface area contributed by atoms with E-state index in [0.717, 1.165) is 0 Å². The fourth-order valence-corrected chi connectivity index (χ4v) is 1.53. The third-order valence-electron chi connectivity index (χ3n) is 2.77. The molecule has 0 radical (unpaired) electrons. The van der Waals surface area contributed by atoms with Gasteiger partial charge in [0.2, 0.25) is 11.8 Å². The molecule has 0 heterocycles. The summed E-state index contributed by atoms with van der Waals surface area (Å²) in [7, 11) is 1.65. The summed E-state index contributed by atoms with van der Waals surface area (Å²) in [6.45, 7) is 0.713. The van der Waals surface area contributed by atoms with Crippen molar-refractivity contribution < 1.29 is 18.7 Å². The topological polar surface area (TPSA) is 84.7 Å². The number of nitrogens with two attached hydrogens (primary N) is 1. The second kappa shape index (κ2) is 10.8. The van der Waals surface area contributed by atoms with Crippen LogP contribution in [-0.4, -0.2) is 50.0 Å². The molecule has 3 N–H and O–H groups in total. The molecule has 124 valence electrons. The number of carbonyl (C=O) groups is 2. The van der Waals surface area contributed by atoms with Crippen molar-refractivity contribution in [3.05, 3.63) is 30.1 Å². The van der Waals surface area contributed by atoms with Gasteiger partial charge in [0.05, 0.1) is 19.7 Å². The maximum absolute atomic E-state index is 12.7. The highest BCUT2D eigenvalue weighted by atomic mass is 35.5. The van der Waals surface area contributed by atoms with Crippen molar-refractivity contribution >= 4 is 24.2 Å². The number of nitrogens with one attached hydrogen (secondary N) is 1. The molecule has 1 rings (SSSR count). The summed E-state index contributed by atoms with van der Waals surface area (Å²) in [5.41, 5.74) is 5.12. The molecule has 0 atom stereocenters. The van der Waals surface area contributed by atoms with Crippen LogP contribution in [0.1, 0.15) is 6.42 Å². The monoisotopic (exact) mass is 333 g/mol. The first kappa shape index (κ1) is 20.1. The first-order chi connectivity index (χ1) is 10.0. The zero-order valence-corrected chi connectivity index (χ0v) is 13.2. The minimum Gasteiger partial charge on any atom is -0.494 e. The predicted octanol–water partition coefficient (Wildman–Crippen LogP) is 0.550. The minimum atomic E-state index is -0.364. The van der Waals surface area contributed by atoms with Gasteiger partial charge in [-0.1, -0.05) is 0 Å². The van der Waals surface area contributed by atoms with Crippen LogP contribution in [0, 0.1) is 5.82 Å². The molecule has 8 heteroatoms. The summed E-state index contributed by atoms with van der Waals surface area (Å²) in [5.74, 6) is -0.289. The van der Waals surface area contributed by atoms with Gasteiger partial charge in [0.1, 0.15) is 11.6 Å². The van der Waals surface area contributed by atoms with Crippen molar-refractivity contribution in [2.75, 3.05) is 33.3 Å². The Bertz CT molecular complexity index is 471. The lowest BCUT2D eigenvalue weighted by molar-refractivity contribution is -0.131. The first-order valence-corrected chi connectivity index (χ1v) is 6.62. The number of rotatable bonds is 8. The number of hydrogen-bond donors (Lipinski definition) is 2. The van der Waals surface area contributed by atoms with Crippen molar-refractivity contribution in [1.82, 2.24) is 10.2 Å². The third kappa shape index (κ3) is 7.80. The van der Waals surface area contributed by atoms with E-state index in [0.29, 0.717) is 25.3 Å². The SMILES string of the molecule is CN(CCCOc1ccc(F)cc1)C(=O)CNC(=O)CN.Cl. The number of amides is 2. The van der Waals surface area contributed by atoms with Crippen LogP contribution >= 0.6 is 12.4 Å². The van der Waals surface area contributed by atoms with Crippen molar-refractivity contribution in [3.63, 3.8) is 0 Å². The Balaban J connectivity index is 0.00000441. The highest BCUT2D eigenvalue weighted by Crippen LogP contribution is 2.11. The van der Waals surface area contributed by atoms with Crippen LogP contribution in [0.2, 0.25) is 0 Å². The zero-order chi connectivity index (χ0) is 15.7. The fourth-order valence-electron chi connectivity index (χ4n) is 1.53. The van der Waals surface area contributed by atoms with Gasteiger partial charge in [-0.05, 0) is 30.7 Å². The molecule has 0 unspecified atom stereocenters. The normalized spacial score (nSPS) is 9.59. The van der Waals surface area contributed by atoms with Crippen LogP contribution in [-0.2, 0) is 9.59 Å². The molecule has 1 aromatic rings. The highest BCUT2D eigenvalue weighted by Gasteiger charge is 2.09. The summed E-state index contributed by atoms with van der Waals surface area (Å²) in [6, 6.07) is 5.75. The number of ether oxygens (including phenoxy) is 1. The molecular formula is C14H21ClFN3O3. The number of likely N-dealkylation sites (N-methyl/N-ethyl adjacent to an activating group) is 1. The molecular weight excluding hydrogens is 313 g/mol. The third-order valence-corrected chi connectivity index (χ3v) is 2.77. The smallest absolute Gasteiger partial charge is 0.241 e. The molecule has 6 nitrogen and oxygen atoms in total. The summed E-state index contributed by atoms with van der Waals surface area (Å²) < 4.78 is 18.1. The molecule has 0 aliphatic rings. The number of carbonyl (C=O) groups excluding carboxylic acids is 2. The quantitative estimate of drug-likeness (QED) is 0.680. The first-order valence-electron chi connectivity index (χ1n) is 6.62. The van der Waals surface area contributed by atoms with E-state index in [-0.39, 0.29) is 43.1 Å². The van der Waals surface area contributed by atoms with Gasteiger partial charge in [-0.25, -0.2) is 4.39 Å². The summed E-state index contributed by atoms with van der Waals surface area (Å²) in [4.78, 5) is 24.1. The number of nitrogens with zero attached hydrogens (tertiary/aromatic N) is 1. The largest absolute Gasteiger partial charge is 0.494 e. The Hall–Kier alpha value is -1.86. The van der Waals surface area contributed by atoms with Gasteiger partial charge >= 0.3 is 0 Å². The lowest BCUT2D eigenvalue weighted by Gasteiger charge is -2.17. The maximum atomic E-state index is 12.7. The van der Waals surface area contributed by atoms with Gasteiger partial charge < -0.3 is 20.7 Å². The van der Waals surface area contributed by atoms with E-state index in [1.165, 1.54) is 17.0 Å². The highest BCUT2D eigenvalue weighted by molar-refractivity contribution is 5.85. The van der Waals surface area contributed by atoms with E-state index < -0.39 is 0 Å². The Morgan fingerprint density at radius 1 is 1.32 bits per heavy atom. The average Bonchev–Trinajstić information content (AvgIpc) is 2.50. The predicted molar refractivity (Wildman–Crippen MR) is 83.5 cm³/mol. The molecule has 0 spiro atoms. The van der Waals surface area contributed by atoms with Crippen LogP contribution in [0.3, 0.4) is 0 Å².